The molecule has 2 rings (SSSR count). The molecular formula is C19H20N2O5. The molecule has 0 aliphatic carbocycles. The van der Waals surface area contributed by atoms with Crippen LogP contribution in [-0.2, 0) is 0 Å². The van der Waals surface area contributed by atoms with Crippen molar-refractivity contribution in [1.29, 1.82) is 0 Å². The first kappa shape index (κ1) is 19.1. The van der Waals surface area contributed by atoms with E-state index in [1.165, 1.54) is 18.2 Å². The monoisotopic (exact) mass is 356 g/mol. The number of aromatic carboxylic acids is 2. The molecule has 26 heavy (non-hydrogen) atoms. The van der Waals surface area contributed by atoms with Crippen molar-refractivity contribution in [1.82, 2.24) is 10.6 Å². The summed E-state index contributed by atoms with van der Waals surface area (Å²) in [6, 6.07) is 12.2. The van der Waals surface area contributed by atoms with Gasteiger partial charge in [0.25, 0.3) is 5.91 Å². The van der Waals surface area contributed by atoms with Gasteiger partial charge in [0, 0.05) is 6.04 Å². The SMILES string of the molecule is CC(NC(=O)c1ccccc1C(=O)O)NC(C)c1ccccc1C(=O)O. The van der Waals surface area contributed by atoms with Crippen LogP contribution in [0.3, 0.4) is 0 Å². The molecule has 136 valence electrons. The lowest BCUT2D eigenvalue weighted by atomic mass is 10.0. The van der Waals surface area contributed by atoms with Crippen molar-refractivity contribution in [2.75, 3.05) is 0 Å². The Morgan fingerprint density at radius 3 is 1.88 bits per heavy atom. The highest BCUT2D eigenvalue weighted by atomic mass is 16.4. The second-order valence-electron chi connectivity index (χ2n) is 5.83. The van der Waals surface area contributed by atoms with Gasteiger partial charge in [0.2, 0.25) is 0 Å². The molecule has 7 heteroatoms. The van der Waals surface area contributed by atoms with E-state index in [9.17, 15) is 24.6 Å². The van der Waals surface area contributed by atoms with Crippen molar-refractivity contribution >= 4 is 17.8 Å². The van der Waals surface area contributed by atoms with E-state index in [4.69, 9.17) is 0 Å². The zero-order valence-corrected chi connectivity index (χ0v) is 14.4. The molecule has 0 saturated carbocycles. The Hall–Kier alpha value is -3.19. The molecule has 0 bridgehead atoms. The van der Waals surface area contributed by atoms with Crippen molar-refractivity contribution in [2.24, 2.45) is 0 Å². The molecule has 0 saturated heterocycles. The fourth-order valence-corrected chi connectivity index (χ4v) is 2.72. The second kappa shape index (κ2) is 8.26. The lowest BCUT2D eigenvalue weighted by Crippen LogP contribution is -2.44. The minimum Gasteiger partial charge on any atom is -0.478 e. The van der Waals surface area contributed by atoms with Crippen LogP contribution in [0.4, 0.5) is 0 Å². The normalized spacial score (nSPS) is 12.8. The highest BCUT2D eigenvalue weighted by Crippen LogP contribution is 2.18. The molecule has 0 spiro atoms. The quantitative estimate of drug-likeness (QED) is 0.567. The molecule has 2 unspecified atom stereocenters. The van der Waals surface area contributed by atoms with E-state index in [1.54, 1.807) is 44.2 Å². The van der Waals surface area contributed by atoms with E-state index in [0.717, 1.165) is 0 Å². The van der Waals surface area contributed by atoms with Gasteiger partial charge in [-0.1, -0.05) is 30.3 Å². The van der Waals surface area contributed by atoms with Crippen LogP contribution in [0.2, 0.25) is 0 Å². The fourth-order valence-electron chi connectivity index (χ4n) is 2.72. The van der Waals surface area contributed by atoms with Crippen molar-refractivity contribution in [3.63, 3.8) is 0 Å². The molecule has 0 aliphatic rings. The number of rotatable bonds is 7. The third kappa shape index (κ3) is 4.46. The summed E-state index contributed by atoms with van der Waals surface area (Å²) in [6.45, 7) is 3.48. The summed E-state index contributed by atoms with van der Waals surface area (Å²) in [4.78, 5) is 34.9. The van der Waals surface area contributed by atoms with Gasteiger partial charge in [0.15, 0.2) is 0 Å². The van der Waals surface area contributed by atoms with E-state index in [1.807, 2.05) is 0 Å². The average Bonchev–Trinajstić information content (AvgIpc) is 2.61. The van der Waals surface area contributed by atoms with Crippen LogP contribution in [0, 0.1) is 0 Å². The largest absolute Gasteiger partial charge is 0.478 e. The summed E-state index contributed by atoms with van der Waals surface area (Å²) in [6.07, 6.45) is -0.513. The van der Waals surface area contributed by atoms with Gasteiger partial charge in [-0.05, 0) is 37.6 Å². The predicted molar refractivity (Wildman–Crippen MR) is 95.3 cm³/mol. The van der Waals surface area contributed by atoms with E-state index in [0.29, 0.717) is 5.56 Å². The van der Waals surface area contributed by atoms with Crippen molar-refractivity contribution in [3.8, 4) is 0 Å². The highest BCUT2D eigenvalue weighted by Gasteiger charge is 2.20. The van der Waals surface area contributed by atoms with Crippen LogP contribution in [0.15, 0.2) is 48.5 Å². The van der Waals surface area contributed by atoms with Crippen LogP contribution >= 0.6 is 0 Å². The standard InChI is InChI=1S/C19H20N2O5/c1-11(13-7-3-5-9-15(13)18(23)24)20-12(2)21-17(22)14-8-4-6-10-16(14)19(25)26/h3-12,20H,1-2H3,(H,21,22)(H,23,24)(H,25,26). The number of hydrogen-bond donors (Lipinski definition) is 4. The smallest absolute Gasteiger partial charge is 0.336 e. The number of carboxylic acids is 2. The van der Waals surface area contributed by atoms with Gasteiger partial charge in [-0.3, -0.25) is 10.1 Å². The third-order valence-electron chi connectivity index (χ3n) is 3.91. The average molecular weight is 356 g/mol. The molecule has 0 aliphatic heterocycles. The summed E-state index contributed by atoms with van der Waals surface area (Å²) < 4.78 is 0. The number of hydrogen-bond acceptors (Lipinski definition) is 4. The first-order chi connectivity index (χ1) is 12.3. The number of nitrogens with one attached hydrogen (secondary N) is 2. The predicted octanol–water partition coefficient (Wildman–Crippen LogP) is 2.51. The molecule has 0 aromatic heterocycles. The summed E-state index contributed by atoms with van der Waals surface area (Å²) in [5.74, 6) is -2.73. The summed E-state index contributed by atoms with van der Waals surface area (Å²) in [7, 11) is 0. The van der Waals surface area contributed by atoms with Gasteiger partial charge >= 0.3 is 11.9 Å². The minimum atomic E-state index is -1.18. The van der Waals surface area contributed by atoms with E-state index < -0.39 is 24.0 Å². The van der Waals surface area contributed by atoms with Gasteiger partial charge in [0.1, 0.15) is 0 Å². The maximum atomic E-state index is 12.4. The molecule has 2 atom stereocenters. The first-order valence-corrected chi connectivity index (χ1v) is 8.02. The lowest BCUT2D eigenvalue weighted by molar-refractivity contribution is 0.0683. The molecule has 4 N–H and O–H groups in total. The fraction of sp³-hybridized carbons (Fsp3) is 0.211. The molecule has 0 fully saturated rings. The maximum Gasteiger partial charge on any atom is 0.336 e. The maximum absolute atomic E-state index is 12.4. The number of carbonyl (C=O) groups is 3. The number of benzene rings is 2. The number of amides is 1. The highest BCUT2D eigenvalue weighted by molar-refractivity contribution is 6.04. The Kier molecular flexibility index (Phi) is 6.08. The van der Waals surface area contributed by atoms with Crippen LogP contribution < -0.4 is 10.6 Å². The molecule has 0 heterocycles. The summed E-state index contributed by atoms with van der Waals surface area (Å²) in [5.41, 5.74) is 0.753. The third-order valence-corrected chi connectivity index (χ3v) is 3.91. The molecule has 2 aromatic carbocycles. The minimum absolute atomic E-state index is 0.0623. The Morgan fingerprint density at radius 2 is 1.31 bits per heavy atom. The van der Waals surface area contributed by atoms with Crippen LogP contribution in [0.25, 0.3) is 0 Å². The molecular weight excluding hydrogens is 336 g/mol. The molecule has 7 nitrogen and oxygen atoms in total. The van der Waals surface area contributed by atoms with Crippen LogP contribution in [-0.4, -0.2) is 34.2 Å². The molecule has 1 amide bonds. The van der Waals surface area contributed by atoms with E-state index >= 15 is 0 Å². The van der Waals surface area contributed by atoms with Gasteiger partial charge in [-0.2, -0.15) is 0 Å². The Morgan fingerprint density at radius 1 is 0.808 bits per heavy atom. The summed E-state index contributed by atoms with van der Waals surface area (Å²) in [5, 5.41) is 24.2. The number of carbonyl (C=O) groups excluding carboxylic acids is 1. The summed E-state index contributed by atoms with van der Waals surface area (Å²) >= 11 is 0. The number of carboxylic acid groups (broad SMARTS) is 2. The van der Waals surface area contributed by atoms with Crippen LogP contribution in [0.5, 0.6) is 0 Å². The zero-order valence-electron chi connectivity index (χ0n) is 14.4. The van der Waals surface area contributed by atoms with Gasteiger partial charge < -0.3 is 15.5 Å². The van der Waals surface area contributed by atoms with Gasteiger partial charge in [-0.25, -0.2) is 9.59 Å². The van der Waals surface area contributed by atoms with Gasteiger partial charge in [0.05, 0.1) is 22.9 Å². The van der Waals surface area contributed by atoms with Crippen molar-refractivity contribution in [3.05, 3.63) is 70.8 Å². The Labute approximate surface area is 150 Å². The topological polar surface area (TPSA) is 116 Å². The van der Waals surface area contributed by atoms with E-state index in [2.05, 4.69) is 10.6 Å². The zero-order chi connectivity index (χ0) is 19.3. The van der Waals surface area contributed by atoms with Crippen molar-refractivity contribution < 1.29 is 24.6 Å². The molecule has 2 aromatic rings. The lowest BCUT2D eigenvalue weighted by Gasteiger charge is -2.22. The Balaban J connectivity index is 2.10. The Bertz CT molecular complexity index is 834. The van der Waals surface area contributed by atoms with Gasteiger partial charge in [-0.15, -0.1) is 0 Å². The van der Waals surface area contributed by atoms with Crippen LogP contribution in [0.1, 0.15) is 56.5 Å². The molecule has 0 radical (unpaired) electrons. The first-order valence-electron chi connectivity index (χ1n) is 8.02. The second-order valence-corrected chi connectivity index (χ2v) is 5.83. The van der Waals surface area contributed by atoms with Crippen molar-refractivity contribution in [2.45, 2.75) is 26.1 Å². The van der Waals surface area contributed by atoms with E-state index in [-0.39, 0.29) is 22.7 Å².